The molecule has 1 N–H and O–H groups in total. The molecule has 0 saturated carbocycles. The van der Waals surface area contributed by atoms with Gasteiger partial charge in [0.25, 0.3) is 11.8 Å². The summed E-state index contributed by atoms with van der Waals surface area (Å²) in [6.07, 6.45) is 0. The number of halogens is 1. The number of amides is 2. The number of aromatic nitrogens is 1. The van der Waals surface area contributed by atoms with Gasteiger partial charge in [0, 0.05) is 50.4 Å². The van der Waals surface area contributed by atoms with Crippen LogP contribution in [0.5, 0.6) is 5.75 Å². The van der Waals surface area contributed by atoms with Crippen molar-refractivity contribution >= 4 is 23.4 Å². The second kappa shape index (κ2) is 10.7. The van der Waals surface area contributed by atoms with Crippen LogP contribution in [0, 0.1) is 6.92 Å². The molecule has 9 heteroatoms. The van der Waals surface area contributed by atoms with Crippen LogP contribution in [0.15, 0.2) is 53.1 Å². The third kappa shape index (κ3) is 5.24. The third-order valence-corrected chi connectivity index (χ3v) is 6.26. The minimum atomic E-state index is -0.119. The standard InChI is InChI=1S/C25H27ClN4O4/c1-17-22(23(28-34-17)20-5-3-4-6-21(20)26)25(32)30-15-13-29(14-16-30)12-11-27-24(31)18-7-9-19(33-2)10-8-18/h3-10H,11-16H2,1-2H3,(H,27,31). The molecule has 2 aromatic carbocycles. The molecule has 1 aliphatic heterocycles. The lowest BCUT2D eigenvalue weighted by atomic mass is 10.0. The van der Waals surface area contributed by atoms with Crippen molar-refractivity contribution in [3.8, 4) is 17.0 Å². The lowest BCUT2D eigenvalue weighted by molar-refractivity contribution is 0.0637. The molecule has 1 aromatic heterocycles. The highest BCUT2D eigenvalue weighted by Crippen LogP contribution is 2.31. The zero-order valence-electron chi connectivity index (χ0n) is 19.2. The van der Waals surface area contributed by atoms with E-state index in [1.165, 1.54) is 0 Å². The number of aryl methyl sites for hydroxylation is 1. The van der Waals surface area contributed by atoms with Gasteiger partial charge in [-0.25, -0.2) is 0 Å². The molecule has 2 heterocycles. The lowest BCUT2D eigenvalue weighted by Crippen LogP contribution is -2.50. The maximum Gasteiger partial charge on any atom is 0.259 e. The minimum Gasteiger partial charge on any atom is -0.497 e. The van der Waals surface area contributed by atoms with Gasteiger partial charge in [-0.1, -0.05) is 35.0 Å². The van der Waals surface area contributed by atoms with Crippen LogP contribution in [0.3, 0.4) is 0 Å². The molecule has 34 heavy (non-hydrogen) atoms. The van der Waals surface area contributed by atoms with Gasteiger partial charge in [-0.05, 0) is 37.3 Å². The van der Waals surface area contributed by atoms with Gasteiger partial charge in [-0.2, -0.15) is 0 Å². The van der Waals surface area contributed by atoms with Crippen molar-refractivity contribution in [2.24, 2.45) is 0 Å². The topological polar surface area (TPSA) is 87.9 Å². The molecule has 0 atom stereocenters. The summed E-state index contributed by atoms with van der Waals surface area (Å²) in [6.45, 7) is 5.57. The summed E-state index contributed by atoms with van der Waals surface area (Å²) in [6, 6.07) is 14.3. The number of hydrogen-bond donors (Lipinski definition) is 1. The Morgan fingerprint density at radius 1 is 1.09 bits per heavy atom. The Morgan fingerprint density at radius 2 is 1.79 bits per heavy atom. The number of rotatable bonds is 7. The number of benzene rings is 2. The van der Waals surface area contributed by atoms with Crippen LogP contribution >= 0.6 is 11.6 Å². The van der Waals surface area contributed by atoms with E-state index in [0.29, 0.717) is 65.1 Å². The Hall–Kier alpha value is -3.36. The lowest BCUT2D eigenvalue weighted by Gasteiger charge is -2.34. The molecule has 4 rings (SSSR count). The maximum absolute atomic E-state index is 13.3. The minimum absolute atomic E-state index is 0.110. The van der Waals surface area contributed by atoms with Crippen molar-refractivity contribution < 1.29 is 18.8 Å². The summed E-state index contributed by atoms with van der Waals surface area (Å²) in [5.41, 5.74) is 2.19. The largest absolute Gasteiger partial charge is 0.497 e. The highest BCUT2D eigenvalue weighted by molar-refractivity contribution is 6.33. The molecule has 0 aliphatic carbocycles. The van der Waals surface area contributed by atoms with Gasteiger partial charge in [-0.15, -0.1) is 0 Å². The van der Waals surface area contributed by atoms with E-state index in [1.54, 1.807) is 44.4 Å². The van der Waals surface area contributed by atoms with E-state index in [1.807, 2.05) is 23.1 Å². The van der Waals surface area contributed by atoms with Gasteiger partial charge in [0.15, 0.2) is 0 Å². The summed E-state index contributed by atoms with van der Waals surface area (Å²) in [4.78, 5) is 29.7. The Bertz CT molecular complexity index is 1150. The number of nitrogens with zero attached hydrogens (tertiary/aromatic N) is 3. The Balaban J connectivity index is 1.30. The van der Waals surface area contributed by atoms with Gasteiger partial charge in [0.2, 0.25) is 0 Å². The summed E-state index contributed by atoms with van der Waals surface area (Å²) >= 11 is 6.32. The summed E-state index contributed by atoms with van der Waals surface area (Å²) < 4.78 is 10.5. The molecule has 1 fully saturated rings. The van der Waals surface area contributed by atoms with Crippen molar-refractivity contribution in [1.82, 2.24) is 20.3 Å². The Labute approximate surface area is 203 Å². The molecule has 1 aliphatic rings. The first-order valence-electron chi connectivity index (χ1n) is 11.1. The summed E-state index contributed by atoms with van der Waals surface area (Å²) in [7, 11) is 1.59. The van der Waals surface area contributed by atoms with Crippen molar-refractivity contribution in [1.29, 1.82) is 0 Å². The molecule has 8 nitrogen and oxygen atoms in total. The van der Waals surface area contributed by atoms with Gasteiger partial charge in [0.1, 0.15) is 22.8 Å². The monoisotopic (exact) mass is 482 g/mol. The van der Waals surface area contributed by atoms with Crippen LogP contribution in [0.2, 0.25) is 5.02 Å². The van der Waals surface area contributed by atoms with Crippen LogP contribution in [-0.4, -0.2) is 73.1 Å². The zero-order valence-corrected chi connectivity index (χ0v) is 20.0. The van der Waals surface area contributed by atoms with E-state index in [0.717, 1.165) is 13.1 Å². The van der Waals surface area contributed by atoms with E-state index in [9.17, 15) is 9.59 Å². The Kier molecular flexibility index (Phi) is 7.49. The number of ether oxygens (including phenoxy) is 1. The first-order chi connectivity index (χ1) is 16.5. The Morgan fingerprint density at radius 3 is 2.47 bits per heavy atom. The first-order valence-corrected chi connectivity index (χ1v) is 11.5. The zero-order chi connectivity index (χ0) is 24.1. The van der Waals surface area contributed by atoms with E-state index in [4.69, 9.17) is 20.9 Å². The fourth-order valence-corrected chi connectivity index (χ4v) is 4.19. The number of hydrogen-bond acceptors (Lipinski definition) is 6. The van der Waals surface area contributed by atoms with E-state index >= 15 is 0 Å². The second-order valence-corrected chi connectivity index (χ2v) is 8.47. The van der Waals surface area contributed by atoms with Gasteiger partial charge >= 0.3 is 0 Å². The second-order valence-electron chi connectivity index (χ2n) is 8.06. The summed E-state index contributed by atoms with van der Waals surface area (Å²) in [5.74, 6) is 0.959. The van der Waals surface area contributed by atoms with E-state index in [-0.39, 0.29) is 11.8 Å². The number of piperazine rings is 1. The van der Waals surface area contributed by atoms with Crippen molar-refractivity contribution in [3.63, 3.8) is 0 Å². The molecule has 0 radical (unpaired) electrons. The molecule has 1 saturated heterocycles. The number of nitrogens with one attached hydrogen (secondary N) is 1. The fourth-order valence-electron chi connectivity index (χ4n) is 3.97. The molecular weight excluding hydrogens is 456 g/mol. The highest BCUT2D eigenvalue weighted by Gasteiger charge is 2.29. The van der Waals surface area contributed by atoms with Crippen LogP contribution in [0.25, 0.3) is 11.3 Å². The molecule has 2 amide bonds. The molecule has 0 bridgehead atoms. The molecule has 178 valence electrons. The van der Waals surface area contributed by atoms with Crippen molar-refractivity contribution in [2.75, 3.05) is 46.4 Å². The average molecular weight is 483 g/mol. The van der Waals surface area contributed by atoms with Gasteiger partial charge in [0.05, 0.1) is 12.1 Å². The van der Waals surface area contributed by atoms with E-state index < -0.39 is 0 Å². The fraction of sp³-hybridized carbons (Fsp3) is 0.320. The normalized spacial score (nSPS) is 14.1. The smallest absolute Gasteiger partial charge is 0.259 e. The number of carbonyl (C=O) groups excluding carboxylic acids is 2. The SMILES string of the molecule is COc1ccc(C(=O)NCCN2CCN(C(=O)c3c(-c4ccccc4Cl)noc3C)CC2)cc1. The predicted octanol–water partition coefficient (Wildman–Crippen LogP) is 3.50. The highest BCUT2D eigenvalue weighted by atomic mass is 35.5. The third-order valence-electron chi connectivity index (χ3n) is 5.93. The number of methoxy groups -OCH3 is 1. The maximum atomic E-state index is 13.3. The van der Waals surface area contributed by atoms with Crippen LogP contribution in [0.1, 0.15) is 26.5 Å². The molecule has 0 unspecified atom stereocenters. The summed E-state index contributed by atoms with van der Waals surface area (Å²) in [5, 5.41) is 7.57. The van der Waals surface area contributed by atoms with Crippen LogP contribution < -0.4 is 10.1 Å². The van der Waals surface area contributed by atoms with Crippen LogP contribution in [0.4, 0.5) is 0 Å². The van der Waals surface area contributed by atoms with Gasteiger partial charge < -0.3 is 19.5 Å². The molecule has 3 aromatic rings. The predicted molar refractivity (Wildman–Crippen MR) is 129 cm³/mol. The number of carbonyl (C=O) groups is 2. The first kappa shape index (κ1) is 23.8. The quantitative estimate of drug-likeness (QED) is 0.554. The van der Waals surface area contributed by atoms with Crippen LogP contribution in [-0.2, 0) is 0 Å². The molecule has 0 spiro atoms. The average Bonchev–Trinajstić information content (AvgIpc) is 3.25. The van der Waals surface area contributed by atoms with Gasteiger partial charge in [-0.3, -0.25) is 14.5 Å². The van der Waals surface area contributed by atoms with Crippen molar-refractivity contribution in [3.05, 3.63) is 70.4 Å². The van der Waals surface area contributed by atoms with Crippen molar-refractivity contribution in [2.45, 2.75) is 6.92 Å². The molecular formula is C25H27ClN4O4. The van der Waals surface area contributed by atoms with E-state index in [2.05, 4.69) is 15.4 Å².